The largest absolute Gasteiger partial charge is 0.477 e. The van der Waals surface area contributed by atoms with E-state index >= 15 is 0 Å². The number of sulfonamides is 1. The monoisotopic (exact) mass is 331 g/mol. The summed E-state index contributed by atoms with van der Waals surface area (Å²) in [7, 11) is -3.83. The predicted octanol–water partition coefficient (Wildman–Crippen LogP) is 1.43. The Balaban J connectivity index is 2.06. The Bertz CT molecular complexity index is 667. The van der Waals surface area contributed by atoms with Crippen LogP contribution in [0.2, 0.25) is 0 Å². The fraction of sp³-hybridized carbons (Fsp3) is 0.615. The number of hydrogen-bond donors (Lipinski definition) is 2. The van der Waals surface area contributed by atoms with Crippen molar-refractivity contribution in [1.82, 2.24) is 4.31 Å². The van der Waals surface area contributed by atoms with E-state index in [0.717, 1.165) is 24.2 Å². The number of aliphatic hydroxyl groups excluding tert-OH is 1. The maximum atomic E-state index is 12.9. The van der Waals surface area contributed by atoms with E-state index in [-0.39, 0.29) is 21.9 Å². The van der Waals surface area contributed by atoms with E-state index in [4.69, 9.17) is 0 Å². The third-order valence-electron chi connectivity index (χ3n) is 4.29. The van der Waals surface area contributed by atoms with E-state index in [1.54, 1.807) is 12.3 Å². The molecule has 2 unspecified atom stereocenters. The zero-order valence-corrected chi connectivity index (χ0v) is 13.2. The van der Waals surface area contributed by atoms with Crippen LogP contribution >= 0.6 is 11.3 Å². The number of piperidine rings is 1. The molecule has 8 heteroatoms. The summed E-state index contributed by atoms with van der Waals surface area (Å²) < 4.78 is 27.3. The van der Waals surface area contributed by atoms with Gasteiger partial charge in [-0.1, -0.05) is 0 Å². The Morgan fingerprint density at radius 1 is 1.33 bits per heavy atom. The molecular formula is C13H17NO5S2. The highest BCUT2D eigenvalue weighted by Gasteiger charge is 2.48. The molecular weight excluding hydrogens is 314 g/mol. The molecule has 2 bridgehead atoms. The molecule has 3 rings (SSSR count). The number of nitrogens with zero attached hydrogens (tertiary/aromatic N) is 1. The van der Waals surface area contributed by atoms with Crippen LogP contribution in [-0.2, 0) is 10.0 Å². The topological polar surface area (TPSA) is 94.9 Å². The van der Waals surface area contributed by atoms with E-state index < -0.39 is 22.1 Å². The molecule has 1 aromatic rings. The van der Waals surface area contributed by atoms with Crippen molar-refractivity contribution in [2.45, 2.75) is 55.7 Å². The molecule has 2 saturated heterocycles. The lowest BCUT2D eigenvalue weighted by molar-refractivity contribution is 0.0692. The first kappa shape index (κ1) is 15.0. The highest BCUT2D eigenvalue weighted by Crippen LogP contribution is 2.41. The first-order valence-electron chi connectivity index (χ1n) is 6.85. The fourth-order valence-corrected chi connectivity index (χ4v) is 6.99. The molecule has 0 aromatic carbocycles. The van der Waals surface area contributed by atoms with Crippen LogP contribution in [0, 0.1) is 6.92 Å². The van der Waals surface area contributed by atoms with Gasteiger partial charge in [0, 0.05) is 12.1 Å². The van der Waals surface area contributed by atoms with Crippen molar-refractivity contribution in [3.05, 3.63) is 15.8 Å². The van der Waals surface area contributed by atoms with E-state index in [1.165, 1.54) is 4.31 Å². The van der Waals surface area contributed by atoms with Gasteiger partial charge in [0.1, 0.15) is 9.77 Å². The lowest BCUT2D eigenvalue weighted by Crippen LogP contribution is -2.48. The molecule has 6 nitrogen and oxygen atoms in total. The summed E-state index contributed by atoms with van der Waals surface area (Å²) in [5, 5.41) is 20.6. The molecule has 0 spiro atoms. The molecule has 116 valence electrons. The fourth-order valence-electron chi connectivity index (χ4n) is 3.50. The van der Waals surface area contributed by atoms with Crippen molar-refractivity contribution in [3.8, 4) is 0 Å². The minimum atomic E-state index is -3.83. The van der Waals surface area contributed by atoms with Crippen molar-refractivity contribution >= 4 is 27.3 Å². The normalized spacial score (nSPS) is 29.7. The first-order valence-corrected chi connectivity index (χ1v) is 9.17. The number of carbonyl (C=O) groups is 1. The van der Waals surface area contributed by atoms with Crippen molar-refractivity contribution in [1.29, 1.82) is 0 Å². The van der Waals surface area contributed by atoms with Crippen LogP contribution in [0.25, 0.3) is 0 Å². The van der Waals surface area contributed by atoms with Crippen molar-refractivity contribution < 1.29 is 23.4 Å². The summed E-state index contributed by atoms with van der Waals surface area (Å²) in [6.07, 6.45) is 1.86. The average Bonchev–Trinajstić information content (AvgIpc) is 2.89. The van der Waals surface area contributed by atoms with Gasteiger partial charge in [-0.25, -0.2) is 13.2 Å². The first-order chi connectivity index (χ1) is 9.82. The van der Waals surface area contributed by atoms with E-state index in [0.29, 0.717) is 18.4 Å². The molecule has 3 heterocycles. The van der Waals surface area contributed by atoms with Gasteiger partial charge in [-0.3, -0.25) is 0 Å². The number of rotatable bonds is 3. The molecule has 0 aliphatic carbocycles. The van der Waals surface area contributed by atoms with E-state index in [9.17, 15) is 23.4 Å². The highest BCUT2D eigenvalue weighted by atomic mass is 32.2. The molecule has 2 aliphatic heterocycles. The molecule has 0 amide bonds. The van der Waals surface area contributed by atoms with E-state index in [1.807, 2.05) is 0 Å². The van der Waals surface area contributed by atoms with Crippen molar-refractivity contribution in [2.75, 3.05) is 0 Å². The molecule has 0 saturated carbocycles. The number of aliphatic hydroxyl groups is 1. The average molecular weight is 331 g/mol. The number of thiophene rings is 1. The zero-order chi connectivity index (χ0) is 15.4. The van der Waals surface area contributed by atoms with Gasteiger partial charge in [0.25, 0.3) is 0 Å². The van der Waals surface area contributed by atoms with Gasteiger partial charge < -0.3 is 10.2 Å². The lowest BCUT2D eigenvalue weighted by Gasteiger charge is -2.36. The predicted molar refractivity (Wildman–Crippen MR) is 77.1 cm³/mol. The van der Waals surface area contributed by atoms with Crippen LogP contribution in [0.4, 0.5) is 0 Å². The molecule has 2 N–H and O–H groups in total. The summed E-state index contributed by atoms with van der Waals surface area (Å²) in [6.45, 7) is 1.62. The molecule has 21 heavy (non-hydrogen) atoms. The third kappa shape index (κ3) is 2.30. The van der Waals surface area contributed by atoms with Gasteiger partial charge in [0.05, 0.1) is 6.10 Å². The van der Waals surface area contributed by atoms with Gasteiger partial charge in [-0.15, -0.1) is 11.3 Å². The van der Waals surface area contributed by atoms with Crippen LogP contribution < -0.4 is 0 Å². The van der Waals surface area contributed by atoms with Gasteiger partial charge in [-0.05, 0) is 43.6 Å². The smallest absolute Gasteiger partial charge is 0.347 e. The van der Waals surface area contributed by atoms with Crippen LogP contribution in [0.3, 0.4) is 0 Å². The Morgan fingerprint density at radius 3 is 2.43 bits per heavy atom. The molecule has 1 aromatic heterocycles. The standard InChI is InChI=1S/C13H17NO5S2/c1-7-6-20-11(13(16)17)12(7)21(18,19)14-8-2-3-9(14)5-10(15)4-8/h6,8-10,15H,2-5H2,1H3,(H,16,17). The zero-order valence-electron chi connectivity index (χ0n) is 11.5. The summed E-state index contributed by atoms with van der Waals surface area (Å²) in [5.74, 6) is -1.21. The Labute approximate surface area is 127 Å². The molecule has 0 radical (unpaired) electrons. The minimum Gasteiger partial charge on any atom is -0.477 e. The van der Waals surface area contributed by atoms with Crippen LogP contribution in [0.1, 0.15) is 40.9 Å². The number of fused-ring (bicyclic) bond motifs is 2. The second kappa shape index (κ2) is 5.05. The summed E-state index contributed by atoms with van der Waals surface area (Å²) in [5.41, 5.74) is 0.475. The maximum absolute atomic E-state index is 12.9. The van der Waals surface area contributed by atoms with Crippen molar-refractivity contribution in [2.24, 2.45) is 0 Å². The van der Waals surface area contributed by atoms with Gasteiger partial charge >= 0.3 is 5.97 Å². The third-order valence-corrected chi connectivity index (χ3v) is 7.70. The quantitative estimate of drug-likeness (QED) is 0.874. The maximum Gasteiger partial charge on any atom is 0.347 e. The Morgan fingerprint density at radius 2 is 1.90 bits per heavy atom. The minimum absolute atomic E-state index is 0.0757. The van der Waals surface area contributed by atoms with Crippen LogP contribution in [0.15, 0.2) is 10.3 Å². The second-order valence-electron chi connectivity index (χ2n) is 5.73. The number of aryl methyl sites for hydroxylation is 1. The number of carboxylic acids is 1. The number of hydrogen-bond acceptors (Lipinski definition) is 5. The summed E-state index contributed by atoms with van der Waals surface area (Å²) >= 11 is 0.944. The van der Waals surface area contributed by atoms with Crippen LogP contribution in [-0.4, -0.2) is 47.1 Å². The molecule has 2 fully saturated rings. The summed E-state index contributed by atoms with van der Waals surface area (Å²) in [6, 6.07) is -0.436. The Kier molecular flexibility index (Phi) is 3.59. The summed E-state index contributed by atoms with van der Waals surface area (Å²) in [4.78, 5) is 11.1. The Hall–Kier alpha value is -0.960. The van der Waals surface area contributed by atoms with Crippen LogP contribution in [0.5, 0.6) is 0 Å². The van der Waals surface area contributed by atoms with Crippen molar-refractivity contribution in [3.63, 3.8) is 0 Å². The van der Waals surface area contributed by atoms with Gasteiger partial charge in [0.2, 0.25) is 10.0 Å². The van der Waals surface area contributed by atoms with Gasteiger partial charge in [0.15, 0.2) is 0 Å². The molecule has 2 atom stereocenters. The SMILES string of the molecule is Cc1csc(C(=O)O)c1S(=O)(=O)N1C2CCC1CC(O)C2. The molecule has 2 aliphatic rings. The second-order valence-corrected chi connectivity index (χ2v) is 8.39. The lowest BCUT2D eigenvalue weighted by atomic mass is 10.0. The number of aromatic carboxylic acids is 1. The van der Waals surface area contributed by atoms with Gasteiger partial charge in [-0.2, -0.15) is 4.31 Å². The number of carboxylic acid groups (broad SMARTS) is 1. The highest BCUT2D eigenvalue weighted by molar-refractivity contribution is 7.89. The van der Waals surface area contributed by atoms with E-state index in [2.05, 4.69) is 0 Å².